The molecule has 0 spiro atoms. The Bertz CT molecular complexity index is 179. The van der Waals surface area contributed by atoms with Gasteiger partial charge < -0.3 is 15.8 Å². The summed E-state index contributed by atoms with van der Waals surface area (Å²) in [5.41, 5.74) is 5.56. The Morgan fingerprint density at radius 3 is 3.00 bits per heavy atom. The van der Waals surface area contributed by atoms with Gasteiger partial charge in [0.2, 0.25) is 5.91 Å². The quantitative estimate of drug-likeness (QED) is 0.669. The van der Waals surface area contributed by atoms with E-state index in [-0.39, 0.29) is 17.9 Å². The van der Waals surface area contributed by atoms with Crippen LogP contribution >= 0.6 is 0 Å². The molecule has 0 aromatic rings. The van der Waals surface area contributed by atoms with Crippen LogP contribution in [0.15, 0.2) is 0 Å². The highest BCUT2D eigenvalue weighted by atomic mass is 16.5. The van der Waals surface area contributed by atoms with E-state index < -0.39 is 0 Å². The lowest BCUT2D eigenvalue weighted by Gasteiger charge is -2.17. The van der Waals surface area contributed by atoms with Gasteiger partial charge in [0.05, 0.1) is 12.5 Å². The smallest absolute Gasteiger partial charge is 0.225 e. The first-order chi connectivity index (χ1) is 6.77. The molecule has 0 aliphatic carbocycles. The summed E-state index contributed by atoms with van der Waals surface area (Å²) in [6.07, 6.45) is 2.84. The van der Waals surface area contributed by atoms with Crippen molar-refractivity contribution < 1.29 is 9.53 Å². The molecule has 0 saturated carbocycles. The first-order valence-electron chi connectivity index (χ1n) is 5.36. The van der Waals surface area contributed by atoms with Crippen molar-refractivity contribution in [2.45, 2.75) is 32.2 Å². The summed E-state index contributed by atoms with van der Waals surface area (Å²) in [5.74, 6) is 0.146. The topological polar surface area (TPSA) is 64.3 Å². The van der Waals surface area contributed by atoms with Crippen molar-refractivity contribution in [2.75, 3.05) is 19.8 Å². The fourth-order valence-corrected chi connectivity index (χ4v) is 1.66. The van der Waals surface area contributed by atoms with Crippen LogP contribution in [0.1, 0.15) is 26.2 Å². The molecule has 0 aromatic heterocycles. The molecule has 1 saturated heterocycles. The Labute approximate surface area is 85.2 Å². The Morgan fingerprint density at radius 2 is 2.50 bits per heavy atom. The molecule has 1 rings (SSSR count). The molecule has 4 heteroatoms. The Balaban J connectivity index is 2.29. The average Bonchev–Trinajstić information content (AvgIpc) is 2.69. The van der Waals surface area contributed by atoms with Crippen molar-refractivity contribution in [2.24, 2.45) is 11.7 Å². The zero-order valence-corrected chi connectivity index (χ0v) is 8.79. The molecule has 0 aromatic carbocycles. The highest BCUT2D eigenvalue weighted by Crippen LogP contribution is 2.12. The average molecular weight is 200 g/mol. The molecule has 2 unspecified atom stereocenters. The van der Waals surface area contributed by atoms with Crippen LogP contribution in [0.3, 0.4) is 0 Å². The number of ether oxygens (including phenoxy) is 1. The van der Waals surface area contributed by atoms with Gasteiger partial charge in [-0.25, -0.2) is 0 Å². The summed E-state index contributed by atoms with van der Waals surface area (Å²) in [4.78, 5) is 11.6. The van der Waals surface area contributed by atoms with Crippen molar-refractivity contribution in [3.05, 3.63) is 0 Å². The van der Waals surface area contributed by atoms with E-state index in [1.165, 1.54) is 0 Å². The van der Waals surface area contributed by atoms with E-state index in [0.29, 0.717) is 19.8 Å². The number of hydrogen-bond acceptors (Lipinski definition) is 3. The Kier molecular flexibility index (Phi) is 4.90. The number of nitrogens with one attached hydrogen (secondary N) is 1. The van der Waals surface area contributed by atoms with Gasteiger partial charge in [-0.2, -0.15) is 0 Å². The molecule has 1 amide bonds. The maximum absolute atomic E-state index is 11.6. The van der Waals surface area contributed by atoms with Crippen molar-refractivity contribution in [1.82, 2.24) is 5.32 Å². The molecule has 1 fully saturated rings. The third-order valence-electron chi connectivity index (χ3n) is 2.57. The predicted molar refractivity (Wildman–Crippen MR) is 54.8 cm³/mol. The SMILES string of the molecule is CCCC(CN)NC(=O)C1CCOC1. The second-order valence-electron chi connectivity index (χ2n) is 3.79. The molecule has 0 bridgehead atoms. The van der Waals surface area contributed by atoms with Gasteiger partial charge >= 0.3 is 0 Å². The largest absolute Gasteiger partial charge is 0.381 e. The lowest BCUT2D eigenvalue weighted by Crippen LogP contribution is -2.43. The van der Waals surface area contributed by atoms with Gasteiger partial charge in [-0.1, -0.05) is 13.3 Å². The molecule has 1 heterocycles. The minimum Gasteiger partial charge on any atom is -0.381 e. The molecule has 1 aliphatic heterocycles. The van der Waals surface area contributed by atoms with Gasteiger partial charge in [-0.3, -0.25) is 4.79 Å². The Hall–Kier alpha value is -0.610. The second-order valence-corrected chi connectivity index (χ2v) is 3.79. The number of rotatable bonds is 5. The van der Waals surface area contributed by atoms with Gasteiger partial charge in [0, 0.05) is 19.2 Å². The predicted octanol–water partition coefficient (Wildman–Crippen LogP) is 0.267. The molecule has 2 atom stereocenters. The highest BCUT2D eigenvalue weighted by molar-refractivity contribution is 5.79. The maximum Gasteiger partial charge on any atom is 0.225 e. The van der Waals surface area contributed by atoms with Crippen molar-refractivity contribution in [3.63, 3.8) is 0 Å². The number of hydrogen-bond donors (Lipinski definition) is 2. The summed E-state index contributed by atoms with van der Waals surface area (Å²) >= 11 is 0. The van der Waals surface area contributed by atoms with Crippen LogP contribution in [0.25, 0.3) is 0 Å². The summed E-state index contributed by atoms with van der Waals surface area (Å²) in [5, 5.41) is 2.97. The fourth-order valence-electron chi connectivity index (χ4n) is 1.66. The minimum atomic E-state index is 0.0425. The van der Waals surface area contributed by atoms with E-state index in [2.05, 4.69) is 12.2 Å². The summed E-state index contributed by atoms with van der Waals surface area (Å²) in [6.45, 7) is 3.88. The normalized spacial score (nSPS) is 23.4. The van der Waals surface area contributed by atoms with Gasteiger partial charge in [-0.15, -0.1) is 0 Å². The molecule has 1 aliphatic rings. The van der Waals surface area contributed by atoms with Crippen LogP contribution in [-0.4, -0.2) is 31.7 Å². The molecular weight excluding hydrogens is 180 g/mol. The lowest BCUT2D eigenvalue weighted by atomic mass is 10.1. The van der Waals surface area contributed by atoms with Crippen LogP contribution in [0, 0.1) is 5.92 Å². The lowest BCUT2D eigenvalue weighted by molar-refractivity contribution is -0.125. The van der Waals surface area contributed by atoms with Gasteiger partial charge in [-0.05, 0) is 12.8 Å². The number of carbonyl (C=O) groups is 1. The third kappa shape index (κ3) is 3.27. The van der Waals surface area contributed by atoms with Gasteiger partial charge in [0.25, 0.3) is 0 Å². The summed E-state index contributed by atoms with van der Waals surface area (Å²) in [7, 11) is 0. The number of carbonyl (C=O) groups excluding carboxylic acids is 1. The highest BCUT2D eigenvalue weighted by Gasteiger charge is 2.24. The number of amides is 1. The zero-order valence-electron chi connectivity index (χ0n) is 8.79. The van der Waals surface area contributed by atoms with Crippen LogP contribution in [0.4, 0.5) is 0 Å². The molecule has 3 N–H and O–H groups in total. The minimum absolute atomic E-state index is 0.0425. The Morgan fingerprint density at radius 1 is 1.71 bits per heavy atom. The van der Waals surface area contributed by atoms with Gasteiger partial charge in [0.1, 0.15) is 0 Å². The summed E-state index contributed by atoms with van der Waals surface area (Å²) in [6, 6.07) is 0.133. The first kappa shape index (κ1) is 11.5. The van der Waals surface area contributed by atoms with Crippen LogP contribution < -0.4 is 11.1 Å². The van der Waals surface area contributed by atoms with E-state index in [9.17, 15) is 4.79 Å². The van der Waals surface area contributed by atoms with Crippen LogP contribution in [0.5, 0.6) is 0 Å². The van der Waals surface area contributed by atoms with E-state index in [0.717, 1.165) is 19.3 Å². The molecule has 4 nitrogen and oxygen atoms in total. The monoisotopic (exact) mass is 200 g/mol. The first-order valence-corrected chi connectivity index (χ1v) is 5.36. The molecule has 82 valence electrons. The van der Waals surface area contributed by atoms with E-state index in [4.69, 9.17) is 10.5 Å². The zero-order chi connectivity index (χ0) is 10.4. The second kappa shape index (κ2) is 5.98. The standard InChI is InChI=1S/C10H20N2O2/c1-2-3-9(6-11)12-10(13)8-4-5-14-7-8/h8-9H,2-7,11H2,1H3,(H,12,13). The summed E-state index contributed by atoms with van der Waals surface area (Å²) < 4.78 is 5.16. The molecule has 0 radical (unpaired) electrons. The fraction of sp³-hybridized carbons (Fsp3) is 0.900. The van der Waals surface area contributed by atoms with Crippen molar-refractivity contribution in [3.8, 4) is 0 Å². The van der Waals surface area contributed by atoms with E-state index >= 15 is 0 Å². The third-order valence-corrected chi connectivity index (χ3v) is 2.57. The number of nitrogens with two attached hydrogens (primary N) is 1. The molecule has 14 heavy (non-hydrogen) atoms. The van der Waals surface area contributed by atoms with Crippen molar-refractivity contribution >= 4 is 5.91 Å². The van der Waals surface area contributed by atoms with Crippen LogP contribution in [-0.2, 0) is 9.53 Å². The van der Waals surface area contributed by atoms with Crippen molar-refractivity contribution in [1.29, 1.82) is 0 Å². The van der Waals surface area contributed by atoms with Gasteiger partial charge in [0.15, 0.2) is 0 Å². The molecular formula is C10H20N2O2. The van der Waals surface area contributed by atoms with E-state index in [1.54, 1.807) is 0 Å². The maximum atomic E-state index is 11.6. The van der Waals surface area contributed by atoms with E-state index in [1.807, 2.05) is 0 Å². The van der Waals surface area contributed by atoms with Crippen LogP contribution in [0.2, 0.25) is 0 Å².